The number of hydrogen-bond donors (Lipinski definition) is 1. The lowest BCUT2D eigenvalue weighted by Crippen LogP contribution is -2.32. The average Bonchev–Trinajstić information content (AvgIpc) is 3.05. The van der Waals surface area contributed by atoms with E-state index in [2.05, 4.69) is 28.1 Å². The van der Waals surface area contributed by atoms with Gasteiger partial charge in [0.15, 0.2) is 4.67 Å². The van der Waals surface area contributed by atoms with Gasteiger partial charge in [0.1, 0.15) is 6.26 Å². The fourth-order valence-corrected chi connectivity index (χ4v) is 2.99. The normalized spacial score (nSPS) is 22.2. The SMILES string of the molecule is N[C@@H]1CN(C(=O)c2coc(Br)c2)C[C@H]1c1ccccc1. The summed E-state index contributed by atoms with van der Waals surface area (Å²) in [7, 11) is 0. The van der Waals surface area contributed by atoms with Gasteiger partial charge in [-0.05, 0) is 21.5 Å². The molecular formula is C15H15BrN2O2. The van der Waals surface area contributed by atoms with Crippen molar-refractivity contribution in [1.29, 1.82) is 0 Å². The van der Waals surface area contributed by atoms with E-state index in [0.29, 0.717) is 23.3 Å². The molecule has 1 aliphatic heterocycles. The van der Waals surface area contributed by atoms with Crippen molar-refractivity contribution in [2.45, 2.75) is 12.0 Å². The second-order valence-corrected chi connectivity index (χ2v) is 5.81. The highest BCUT2D eigenvalue weighted by molar-refractivity contribution is 9.10. The van der Waals surface area contributed by atoms with E-state index in [0.717, 1.165) is 0 Å². The number of benzene rings is 1. The van der Waals surface area contributed by atoms with Gasteiger partial charge in [-0.25, -0.2) is 0 Å². The Bertz CT molecular complexity index is 611. The molecule has 5 heteroatoms. The van der Waals surface area contributed by atoms with E-state index in [1.807, 2.05) is 18.2 Å². The first-order valence-electron chi connectivity index (χ1n) is 6.49. The van der Waals surface area contributed by atoms with Gasteiger partial charge in [0.05, 0.1) is 5.56 Å². The van der Waals surface area contributed by atoms with E-state index in [1.165, 1.54) is 11.8 Å². The second-order valence-electron chi connectivity index (χ2n) is 5.03. The van der Waals surface area contributed by atoms with E-state index in [1.54, 1.807) is 11.0 Å². The van der Waals surface area contributed by atoms with Crippen molar-refractivity contribution >= 4 is 21.8 Å². The van der Waals surface area contributed by atoms with Crippen LogP contribution < -0.4 is 5.73 Å². The number of carbonyl (C=O) groups is 1. The molecule has 0 bridgehead atoms. The third-order valence-electron chi connectivity index (χ3n) is 3.69. The van der Waals surface area contributed by atoms with Crippen molar-refractivity contribution in [3.05, 3.63) is 58.5 Å². The van der Waals surface area contributed by atoms with E-state index in [-0.39, 0.29) is 17.9 Å². The van der Waals surface area contributed by atoms with Gasteiger partial charge in [-0.2, -0.15) is 0 Å². The number of likely N-dealkylation sites (tertiary alicyclic amines) is 1. The monoisotopic (exact) mass is 334 g/mol. The Balaban J connectivity index is 1.77. The van der Waals surface area contributed by atoms with Crippen LogP contribution in [0.3, 0.4) is 0 Å². The molecule has 1 aromatic carbocycles. The van der Waals surface area contributed by atoms with Crippen molar-refractivity contribution in [2.75, 3.05) is 13.1 Å². The number of hydrogen-bond acceptors (Lipinski definition) is 3. The molecular weight excluding hydrogens is 320 g/mol. The average molecular weight is 335 g/mol. The quantitative estimate of drug-likeness (QED) is 0.918. The lowest BCUT2D eigenvalue weighted by Gasteiger charge is -2.15. The zero-order valence-corrected chi connectivity index (χ0v) is 12.4. The first-order valence-corrected chi connectivity index (χ1v) is 7.28. The number of nitrogens with two attached hydrogens (primary N) is 1. The fraction of sp³-hybridized carbons (Fsp3) is 0.267. The van der Waals surface area contributed by atoms with Crippen LogP contribution in [0.1, 0.15) is 21.8 Å². The molecule has 0 unspecified atom stereocenters. The topological polar surface area (TPSA) is 59.5 Å². The Morgan fingerprint density at radius 1 is 1.30 bits per heavy atom. The minimum atomic E-state index is -0.0340. The molecule has 0 radical (unpaired) electrons. The second kappa shape index (κ2) is 5.42. The highest BCUT2D eigenvalue weighted by atomic mass is 79.9. The Morgan fingerprint density at radius 2 is 2.05 bits per heavy atom. The minimum absolute atomic E-state index is 0.0308. The zero-order valence-electron chi connectivity index (χ0n) is 10.8. The number of furan rings is 1. The Kier molecular flexibility index (Phi) is 3.63. The highest BCUT2D eigenvalue weighted by Gasteiger charge is 2.34. The molecule has 0 saturated carbocycles. The van der Waals surface area contributed by atoms with Crippen LogP contribution >= 0.6 is 15.9 Å². The molecule has 3 rings (SSSR count). The molecule has 4 nitrogen and oxygen atoms in total. The fourth-order valence-electron chi connectivity index (χ4n) is 2.65. The van der Waals surface area contributed by atoms with Gasteiger partial charge in [-0.1, -0.05) is 30.3 Å². The van der Waals surface area contributed by atoms with Gasteiger partial charge in [0.2, 0.25) is 0 Å². The first-order chi connectivity index (χ1) is 9.65. The largest absolute Gasteiger partial charge is 0.457 e. The molecule has 0 aliphatic carbocycles. The Morgan fingerprint density at radius 3 is 2.70 bits per heavy atom. The van der Waals surface area contributed by atoms with Gasteiger partial charge in [0.25, 0.3) is 5.91 Å². The third kappa shape index (κ3) is 2.51. The van der Waals surface area contributed by atoms with Crippen LogP contribution in [0, 0.1) is 0 Å². The van der Waals surface area contributed by atoms with Gasteiger partial charge < -0.3 is 15.1 Å². The smallest absolute Gasteiger partial charge is 0.257 e. The van der Waals surface area contributed by atoms with Crippen molar-refractivity contribution in [1.82, 2.24) is 4.90 Å². The van der Waals surface area contributed by atoms with Crippen LogP contribution in [-0.4, -0.2) is 29.9 Å². The van der Waals surface area contributed by atoms with Crippen molar-refractivity contribution < 1.29 is 9.21 Å². The number of halogens is 1. The predicted molar refractivity (Wildman–Crippen MR) is 79.5 cm³/mol. The molecule has 1 fully saturated rings. The molecule has 0 spiro atoms. The van der Waals surface area contributed by atoms with Gasteiger partial charge in [0, 0.05) is 31.1 Å². The summed E-state index contributed by atoms with van der Waals surface area (Å²) in [5, 5.41) is 0. The summed E-state index contributed by atoms with van der Waals surface area (Å²) in [5.41, 5.74) is 7.93. The number of carbonyl (C=O) groups excluding carboxylic acids is 1. The summed E-state index contributed by atoms with van der Waals surface area (Å²) in [6.07, 6.45) is 1.47. The zero-order chi connectivity index (χ0) is 14.1. The summed E-state index contributed by atoms with van der Waals surface area (Å²) < 4.78 is 5.68. The molecule has 2 heterocycles. The van der Waals surface area contributed by atoms with E-state index in [4.69, 9.17) is 10.2 Å². The van der Waals surface area contributed by atoms with Crippen molar-refractivity contribution in [3.8, 4) is 0 Å². The summed E-state index contributed by atoms with van der Waals surface area (Å²) in [6.45, 7) is 1.22. The van der Waals surface area contributed by atoms with Crippen LogP contribution in [0.2, 0.25) is 0 Å². The van der Waals surface area contributed by atoms with Crippen LogP contribution in [0.15, 0.2) is 51.7 Å². The molecule has 1 amide bonds. The maximum Gasteiger partial charge on any atom is 0.257 e. The highest BCUT2D eigenvalue weighted by Crippen LogP contribution is 2.28. The van der Waals surface area contributed by atoms with Crippen LogP contribution in [0.25, 0.3) is 0 Å². The van der Waals surface area contributed by atoms with Gasteiger partial charge in [-0.15, -0.1) is 0 Å². The molecule has 2 aromatic rings. The van der Waals surface area contributed by atoms with Crippen LogP contribution in [-0.2, 0) is 0 Å². The summed E-state index contributed by atoms with van der Waals surface area (Å²) >= 11 is 3.21. The lowest BCUT2D eigenvalue weighted by atomic mass is 9.95. The molecule has 1 aromatic heterocycles. The molecule has 1 aliphatic rings. The summed E-state index contributed by atoms with van der Waals surface area (Å²) in [4.78, 5) is 14.2. The van der Waals surface area contributed by atoms with E-state index < -0.39 is 0 Å². The number of nitrogens with zero attached hydrogens (tertiary/aromatic N) is 1. The van der Waals surface area contributed by atoms with Crippen molar-refractivity contribution in [3.63, 3.8) is 0 Å². The number of amides is 1. The minimum Gasteiger partial charge on any atom is -0.457 e. The molecule has 2 atom stereocenters. The summed E-state index contributed by atoms with van der Waals surface area (Å²) in [5.74, 6) is 0.156. The van der Waals surface area contributed by atoms with Crippen molar-refractivity contribution in [2.24, 2.45) is 5.73 Å². The Hall–Kier alpha value is -1.59. The van der Waals surface area contributed by atoms with Gasteiger partial charge in [-0.3, -0.25) is 4.79 Å². The first kappa shape index (κ1) is 13.4. The maximum atomic E-state index is 12.4. The number of rotatable bonds is 2. The predicted octanol–water partition coefficient (Wildman–Crippen LogP) is 2.61. The van der Waals surface area contributed by atoms with E-state index in [9.17, 15) is 4.79 Å². The lowest BCUT2D eigenvalue weighted by molar-refractivity contribution is 0.0788. The molecule has 2 N–H and O–H groups in total. The standard InChI is InChI=1S/C15H15BrN2O2/c16-14-6-11(9-20-14)15(19)18-7-12(13(17)8-18)10-4-2-1-3-5-10/h1-6,9,12-13H,7-8,17H2/t12-,13+/m0/s1. The molecule has 104 valence electrons. The molecule has 20 heavy (non-hydrogen) atoms. The third-order valence-corrected chi connectivity index (χ3v) is 4.11. The van der Waals surface area contributed by atoms with E-state index >= 15 is 0 Å². The maximum absolute atomic E-state index is 12.4. The Labute approximate surface area is 125 Å². The molecule has 1 saturated heterocycles. The van der Waals surface area contributed by atoms with Gasteiger partial charge >= 0.3 is 0 Å². The summed E-state index contributed by atoms with van der Waals surface area (Å²) in [6, 6.07) is 11.8. The van der Waals surface area contributed by atoms with Crippen LogP contribution in [0.4, 0.5) is 0 Å². The van der Waals surface area contributed by atoms with Crippen LogP contribution in [0.5, 0.6) is 0 Å².